The molecular weight excluding hydrogens is 260 g/mol. The van der Waals surface area contributed by atoms with Crippen molar-refractivity contribution in [3.8, 4) is 0 Å². The Morgan fingerprint density at radius 2 is 1.89 bits per heavy atom. The monoisotopic (exact) mass is 272 g/mol. The molecule has 1 aromatic carbocycles. The third-order valence-electron chi connectivity index (χ3n) is 2.19. The zero-order chi connectivity index (χ0) is 13.8. The number of carboxylic acid groups (broad SMARTS) is 1. The number of aromatic carboxylic acids is 1. The van der Waals surface area contributed by atoms with Crippen LogP contribution >= 0.6 is 0 Å². The highest BCUT2D eigenvalue weighted by atomic mass is 32.2. The Bertz CT molecular complexity index is 561. The number of ether oxygens (including phenoxy) is 1. The maximum Gasteiger partial charge on any atom is 0.335 e. The highest BCUT2D eigenvalue weighted by Crippen LogP contribution is 2.13. The van der Waals surface area contributed by atoms with Crippen LogP contribution in [0.3, 0.4) is 0 Å². The summed E-state index contributed by atoms with van der Waals surface area (Å²) in [6, 6.07) is 5.75. The van der Waals surface area contributed by atoms with Crippen molar-refractivity contribution in [3.63, 3.8) is 0 Å². The fourth-order valence-electron chi connectivity index (χ4n) is 1.38. The molecule has 0 spiro atoms. The highest BCUT2D eigenvalue weighted by molar-refractivity contribution is 7.91. The van der Waals surface area contributed by atoms with Crippen molar-refractivity contribution in [2.45, 2.75) is 5.75 Å². The normalized spacial score (nSPS) is 10.9. The Kier molecular flexibility index (Phi) is 4.43. The number of carbonyl (C=O) groups is 2. The first-order valence-corrected chi connectivity index (χ1v) is 6.76. The minimum absolute atomic E-state index is 0.0917. The van der Waals surface area contributed by atoms with E-state index in [1.54, 1.807) is 0 Å². The van der Waals surface area contributed by atoms with Crippen LogP contribution in [0, 0.1) is 0 Å². The molecule has 0 saturated carbocycles. The van der Waals surface area contributed by atoms with Crippen LogP contribution in [0.2, 0.25) is 0 Å². The summed E-state index contributed by atoms with van der Waals surface area (Å²) in [7, 11) is -2.65. The number of methoxy groups -OCH3 is 1. The quantitative estimate of drug-likeness (QED) is 0.782. The van der Waals surface area contributed by atoms with Gasteiger partial charge in [-0.15, -0.1) is 0 Å². The van der Waals surface area contributed by atoms with E-state index < -0.39 is 33.3 Å². The molecule has 0 saturated heterocycles. The molecule has 1 aromatic rings. The number of benzene rings is 1. The van der Waals surface area contributed by atoms with Crippen LogP contribution in [0.4, 0.5) is 0 Å². The van der Waals surface area contributed by atoms with Gasteiger partial charge in [-0.3, -0.25) is 4.79 Å². The van der Waals surface area contributed by atoms with E-state index in [4.69, 9.17) is 5.11 Å². The molecule has 0 aliphatic carbocycles. The van der Waals surface area contributed by atoms with E-state index in [2.05, 4.69) is 4.74 Å². The minimum Gasteiger partial charge on any atom is -0.478 e. The second kappa shape index (κ2) is 5.63. The number of carbonyl (C=O) groups excluding carboxylic acids is 1. The molecule has 7 heteroatoms. The maximum atomic E-state index is 11.7. The van der Waals surface area contributed by atoms with Gasteiger partial charge in [0.05, 0.1) is 18.4 Å². The van der Waals surface area contributed by atoms with E-state index >= 15 is 0 Å². The SMILES string of the molecule is COC(=O)CS(=O)(=O)Cc1ccccc1C(=O)O. The van der Waals surface area contributed by atoms with Gasteiger partial charge in [-0.05, 0) is 11.6 Å². The Balaban J connectivity index is 2.98. The van der Waals surface area contributed by atoms with Crippen LogP contribution in [-0.4, -0.2) is 38.3 Å². The topological polar surface area (TPSA) is 97.7 Å². The van der Waals surface area contributed by atoms with Gasteiger partial charge in [0.25, 0.3) is 0 Å². The number of esters is 1. The molecule has 1 N–H and O–H groups in total. The van der Waals surface area contributed by atoms with Crippen molar-refractivity contribution in [3.05, 3.63) is 35.4 Å². The van der Waals surface area contributed by atoms with Gasteiger partial charge in [-0.1, -0.05) is 18.2 Å². The molecule has 6 nitrogen and oxygen atoms in total. The van der Waals surface area contributed by atoms with Crippen LogP contribution in [-0.2, 0) is 25.1 Å². The van der Waals surface area contributed by atoms with E-state index in [-0.39, 0.29) is 11.1 Å². The van der Waals surface area contributed by atoms with Gasteiger partial charge in [0.15, 0.2) is 9.84 Å². The van der Waals surface area contributed by atoms with Crippen LogP contribution in [0.15, 0.2) is 24.3 Å². The molecule has 0 bridgehead atoms. The Hall–Kier alpha value is -1.89. The van der Waals surface area contributed by atoms with Gasteiger partial charge < -0.3 is 9.84 Å². The first-order chi connectivity index (χ1) is 8.35. The van der Waals surface area contributed by atoms with E-state index in [1.165, 1.54) is 24.3 Å². The second-order valence-corrected chi connectivity index (χ2v) is 5.64. The standard InChI is InChI=1S/C11H12O6S/c1-17-10(12)7-18(15,16)6-8-4-2-3-5-9(8)11(13)14/h2-5H,6-7H2,1H3,(H,13,14). The van der Waals surface area contributed by atoms with Gasteiger partial charge in [0.2, 0.25) is 0 Å². The Morgan fingerprint density at radius 1 is 1.28 bits per heavy atom. The molecule has 0 fully saturated rings. The van der Waals surface area contributed by atoms with Crippen molar-refractivity contribution in [1.82, 2.24) is 0 Å². The summed E-state index contributed by atoms with van der Waals surface area (Å²) in [6.45, 7) is 0. The van der Waals surface area contributed by atoms with Crippen molar-refractivity contribution in [2.75, 3.05) is 12.9 Å². The average Bonchev–Trinajstić information content (AvgIpc) is 2.28. The first-order valence-electron chi connectivity index (χ1n) is 4.94. The maximum absolute atomic E-state index is 11.7. The van der Waals surface area contributed by atoms with Gasteiger partial charge >= 0.3 is 11.9 Å². The number of sulfone groups is 1. The smallest absolute Gasteiger partial charge is 0.335 e. The number of hydrogen-bond acceptors (Lipinski definition) is 5. The molecule has 0 atom stereocenters. The molecule has 0 aliphatic heterocycles. The number of rotatable bonds is 5. The van der Waals surface area contributed by atoms with Crippen molar-refractivity contribution in [1.29, 1.82) is 0 Å². The second-order valence-electron chi connectivity index (χ2n) is 3.57. The summed E-state index contributed by atoms with van der Waals surface area (Å²) in [5.74, 6) is -3.36. The lowest BCUT2D eigenvalue weighted by atomic mass is 10.1. The third kappa shape index (κ3) is 3.85. The number of carboxylic acids is 1. The lowest BCUT2D eigenvalue weighted by Crippen LogP contribution is -2.19. The van der Waals surface area contributed by atoms with Crippen molar-refractivity contribution in [2.24, 2.45) is 0 Å². The lowest BCUT2D eigenvalue weighted by Gasteiger charge is -2.06. The molecule has 1 rings (SSSR count). The van der Waals surface area contributed by atoms with E-state index in [9.17, 15) is 18.0 Å². The largest absolute Gasteiger partial charge is 0.478 e. The predicted molar refractivity (Wildman–Crippen MR) is 62.9 cm³/mol. The van der Waals surface area contributed by atoms with Gasteiger partial charge in [-0.2, -0.15) is 0 Å². The first kappa shape index (κ1) is 14.2. The molecule has 18 heavy (non-hydrogen) atoms. The zero-order valence-electron chi connectivity index (χ0n) is 9.62. The van der Waals surface area contributed by atoms with E-state index in [0.29, 0.717) is 0 Å². The van der Waals surface area contributed by atoms with Crippen LogP contribution in [0.1, 0.15) is 15.9 Å². The molecule has 0 aromatic heterocycles. The highest BCUT2D eigenvalue weighted by Gasteiger charge is 2.20. The summed E-state index contributed by atoms with van der Waals surface area (Å²) in [5, 5.41) is 8.90. The summed E-state index contributed by atoms with van der Waals surface area (Å²) >= 11 is 0. The summed E-state index contributed by atoms with van der Waals surface area (Å²) in [6.07, 6.45) is 0. The molecule has 98 valence electrons. The van der Waals surface area contributed by atoms with Crippen molar-refractivity contribution >= 4 is 21.8 Å². The molecule has 0 amide bonds. The lowest BCUT2D eigenvalue weighted by molar-refractivity contribution is -0.137. The van der Waals surface area contributed by atoms with Crippen molar-refractivity contribution < 1.29 is 27.9 Å². The number of hydrogen-bond donors (Lipinski definition) is 1. The van der Waals surface area contributed by atoms with E-state index in [0.717, 1.165) is 7.11 Å². The third-order valence-corrected chi connectivity index (χ3v) is 3.61. The van der Waals surface area contributed by atoms with Crippen LogP contribution in [0.25, 0.3) is 0 Å². The molecule has 0 radical (unpaired) electrons. The molecule has 0 aliphatic rings. The zero-order valence-corrected chi connectivity index (χ0v) is 10.4. The predicted octanol–water partition coefficient (Wildman–Crippen LogP) is 0.473. The fourth-order valence-corrected chi connectivity index (χ4v) is 2.69. The molecule has 0 unspecified atom stereocenters. The van der Waals surface area contributed by atoms with Crippen LogP contribution < -0.4 is 0 Å². The fraction of sp³-hybridized carbons (Fsp3) is 0.273. The van der Waals surface area contributed by atoms with E-state index in [1.807, 2.05) is 0 Å². The summed E-state index contributed by atoms with van der Waals surface area (Å²) in [5.41, 5.74) is 0.0554. The average molecular weight is 272 g/mol. The molecular formula is C11H12O6S. The van der Waals surface area contributed by atoms with Crippen LogP contribution in [0.5, 0.6) is 0 Å². The minimum atomic E-state index is -3.74. The summed E-state index contributed by atoms with van der Waals surface area (Å²) in [4.78, 5) is 21.8. The summed E-state index contributed by atoms with van der Waals surface area (Å²) < 4.78 is 27.6. The van der Waals surface area contributed by atoms with Gasteiger partial charge in [-0.25, -0.2) is 13.2 Å². The Labute approximate surface area is 104 Å². The van der Waals surface area contributed by atoms with Gasteiger partial charge in [0, 0.05) is 0 Å². The molecule has 0 heterocycles. The Morgan fingerprint density at radius 3 is 2.44 bits per heavy atom. The van der Waals surface area contributed by atoms with Gasteiger partial charge in [0.1, 0.15) is 5.75 Å².